The molecule has 120 valence electrons. The van der Waals surface area contributed by atoms with Crippen LogP contribution < -0.4 is 10.9 Å². The van der Waals surface area contributed by atoms with Gasteiger partial charge in [-0.25, -0.2) is 4.79 Å². The van der Waals surface area contributed by atoms with Crippen LogP contribution in [-0.2, 0) is 9.59 Å². The van der Waals surface area contributed by atoms with Gasteiger partial charge >= 0.3 is 11.6 Å². The zero-order valence-corrected chi connectivity index (χ0v) is 12.9. The second-order valence-electron chi connectivity index (χ2n) is 4.64. The van der Waals surface area contributed by atoms with E-state index in [2.05, 4.69) is 5.32 Å². The SMILES string of the molecule is CC(SC(=O)c1cc2ccccc2oc1=O)C(=O)NCC(=O)O. The first kappa shape index (κ1) is 16.8. The van der Waals surface area contributed by atoms with E-state index < -0.39 is 34.4 Å². The molecule has 1 heterocycles. The van der Waals surface area contributed by atoms with E-state index in [1.54, 1.807) is 24.3 Å². The summed E-state index contributed by atoms with van der Waals surface area (Å²) in [6.45, 7) is 0.915. The van der Waals surface area contributed by atoms with Gasteiger partial charge in [-0.3, -0.25) is 14.4 Å². The van der Waals surface area contributed by atoms with Crippen molar-refractivity contribution in [2.75, 3.05) is 6.54 Å². The molecule has 0 aliphatic carbocycles. The monoisotopic (exact) mass is 335 g/mol. The molecular weight excluding hydrogens is 322 g/mol. The van der Waals surface area contributed by atoms with E-state index in [0.29, 0.717) is 22.7 Å². The van der Waals surface area contributed by atoms with E-state index in [1.807, 2.05) is 0 Å². The average molecular weight is 335 g/mol. The largest absolute Gasteiger partial charge is 0.480 e. The number of amides is 1. The number of nitrogens with one attached hydrogen (secondary N) is 1. The molecular formula is C15H13NO6S. The number of aliphatic carboxylic acids is 1. The molecule has 0 bridgehead atoms. The predicted octanol–water partition coefficient (Wildman–Crippen LogP) is 1.26. The van der Waals surface area contributed by atoms with Crippen LogP contribution in [0.2, 0.25) is 0 Å². The third kappa shape index (κ3) is 4.19. The molecule has 7 nitrogen and oxygen atoms in total. The Kier molecular flexibility index (Phi) is 5.17. The first-order valence-electron chi connectivity index (χ1n) is 6.62. The highest BCUT2D eigenvalue weighted by Gasteiger charge is 2.22. The maximum atomic E-state index is 12.2. The van der Waals surface area contributed by atoms with E-state index in [9.17, 15) is 19.2 Å². The molecule has 8 heteroatoms. The Labute approximate surface area is 134 Å². The van der Waals surface area contributed by atoms with Crippen LogP contribution in [0.1, 0.15) is 17.3 Å². The number of rotatable bonds is 5. The van der Waals surface area contributed by atoms with Crippen molar-refractivity contribution in [2.24, 2.45) is 0 Å². The van der Waals surface area contributed by atoms with Gasteiger partial charge < -0.3 is 14.8 Å². The predicted molar refractivity (Wildman–Crippen MR) is 84.5 cm³/mol. The number of hydrogen-bond acceptors (Lipinski definition) is 6. The maximum Gasteiger partial charge on any atom is 0.348 e. The van der Waals surface area contributed by atoms with Crippen molar-refractivity contribution in [3.8, 4) is 0 Å². The Bertz CT molecular complexity index is 828. The molecule has 0 spiro atoms. The lowest BCUT2D eigenvalue weighted by Crippen LogP contribution is -2.35. The first-order valence-corrected chi connectivity index (χ1v) is 7.50. The highest BCUT2D eigenvalue weighted by atomic mass is 32.2. The number of fused-ring (bicyclic) bond motifs is 1. The normalized spacial score (nSPS) is 11.9. The molecule has 2 aromatic rings. The van der Waals surface area contributed by atoms with Crippen LogP contribution in [-0.4, -0.2) is 33.9 Å². The van der Waals surface area contributed by atoms with Crippen molar-refractivity contribution in [3.05, 3.63) is 46.3 Å². The van der Waals surface area contributed by atoms with Crippen LogP contribution in [0.3, 0.4) is 0 Å². The molecule has 1 aromatic heterocycles. The number of para-hydroxylation sites is 1. The summed E-state index contributed by atoms with van der Waals surface area (Å²) >= 11 is 0.631. The fourth-order valence-corrected chi connectivity index (χ4v) is 2.57. The van der Waals surface area contributed by atoms with Crippen molar-refractivity contribution in [1.82, 2.24) is 5.32 Å². The molecule has 2 rings (SSSR count). The number of carbonyl (C=O) groups excluding carboxylic acids is 2. The summed E-state index contributed by atoms with van der Waals surface area (Å²) in [4.78, 5) is 46.1. The van der Waals surface area contributed by atoms with Crippen LogP contribution in [0.15, 0.2) is 39.5 Å². The van der Waals surface area contributed by atoms with Crippen molar-refractivity contribution in [3.63, 3.8) is 0 Å². The number of thioether (sulfide) groups is 1. The van der Waals surface area contributed by atoms with Gasteiger partial charge in [0, 0.05) is 5.39 Å². The van der Waals surface area contributed by atoms with Crippen LogP contribution in [0.4, 0.5) is 0 Å². The minimum absolute atomic E-state index is 0.161. The van der Waals surface area contributed by atoms with Gasteiger partial charge in [-0.1, -0.05) is 30.0 Å². The minimum Gasteiger partial charge on any atom is -0.480 e. The van der Waals surface area contributed by atoms with Gasteiger partial charge in [0.05, 0.1) is 5.25 Å². The zero-order chi connectivity index (χ0) is 17.0. The second-order valence-corrected chi connectivity index (χ2v) is 5.96. The molecule has 2 N–H and O–H groups in total. The Balaban J connectivity index is 2.14. The van der Waals surface area contributed by atoms with Crippen LogP contribution in [0.25, 0.3) is 11.0 Å². The minimum atomic E-state index is -1.18. The molecule has 0 aliphatic heterocycles. The molecule has 0 saturated carbocycles. The molecule has 1 aromatic carbocycles. The lowest BCUT2D eigenvalue weighted by atomic mass is 10.2. The second kappa shape index (κ2) is 7.10. The third-order valence-corrected chi connectivity index (χ3v) is 3.93. The molecule has 1 amide bonds. The van der Waals surface area contributed by atoms with Gasteiger partial charge in [-0.05, 0) is 19.1 Å². The van der Waals surface area contributed by atoms with Gasteiger partial charge in [-0.2, -0.15) is 0 Å². The summed E-state index contributed by atoms with van der Waals surface area (Å²) in [5.41, 5.74) is -0.572. The topological polar surface area (TPSA) is 114 Å². The van der Waals surface area contributed by atoms with Crippen LogP contribution in [0, 0.1) is 0 Å². The average Bonchev–Trinajstić information content (AvgIpc) is 2.51. The zero-order valence-electron chi connectivity index (χ0n) is 12.1. The lowest BCUT2D eigenvalue weighted by molar-refractivity contribution is -0.137. The number of carboxylic acid groups (broad SMARTS) is 1. The molecule has 0 fully saturated rings. The molecule has 0 saturated heterocycles. The highest BCUT2D eigenvalue weighted by Crippen LogP contribution is 2.19. The molecule has 0 aliphatic rings. The number of benzene rings is 1. The van der Waals surface area contributed by atoms with E-state index in [1.165, 1.54) is 13.0 Å². The summed E-state index contributed by atoms with van der Waals surface area (Å²) in [5, 5.41) is 9.82. The summed E-state index contributed by atoms with van der Waals surface area (Å²) in [5.74, 6) is -1.78. The van der Waals surface area contributed by atoms with Crippen LogP contribution in [0.5, 0.6) is 0 Å². The Morgan fingerprint density at radius 3 is 2.70 bits per heavy atom. The number of carboxylic acids is 1. The standard InChI is InChI=1S/C15H13NO6S/c1-8(13(19)16-7-12(17)18)23-15(21)10-6-9-4-2-3-5-11(9)22-14(10)20/h2-6,8H,7H2,1H3,(H,16,19)(H,17,18). The van der Waals surface area contributed by atoms with Crippen molar-refractivity contribution in [2.45, 2.75) is 12.2 Å². The molecule has 0 radical (unpaired) electrons. The van der Waals surface area contributed by atoms with E-state index in [4.69, 9.17) is 9.52 Å². The summed E-state index contributed by atoms with van der Waals surface area (Å²) in [6.07, 6.45) is 0. The van der Waals surface area contributed by atoms with Gasteiger partial charge in [0.15, 0.2) is 0 Å². The van der Waals surface area contributed by atoms with Gasteiger partial charge in [-0.15, -0.1) is 0 Å². The van der Waals surface area contributed by atoms with Crippen molar-refractivity contribution >= 4 is 39.7 Å². The number of carbonyl (C=O) groups is 3. The molecule has 1 unspecified atom stereocenters. The van der Waals surface area contributed by atoms with Gasteiger partial charge in [0.2, 0.25) is 11.0 Å². The Hall–Kier alpha value is -2.61. The Morgan fingerprint density at radius 1 is 1.30 bits per heavy atom. The van der Waals surface area contributed by atoms with Crippen molar-refractivity contribution in [1.29, 1.82) is 0 Å². The van der Waals surface area contributed by atoms with Gasteiger partial charge in [0.25, 0.3) is 0 Å². The maximum absolute atomic E-state index is 12.2. The molecule has 1 atom stereocenters. The smallest absolute Gasteiger partial charge is 0.348 e. The fraction of sp³-hybridized carbons (Fsp3) is 0.200. The quantitative estimate of drug-likeness (QED) is 0.791. The summed E-state index contributed by atoms with van der Waals surface area (Å²) in [7, 11) is 0. The van der Waals surface area contributed by atoms with Crippen LogP contribution >= 0.6 is 11.8 Å². The summed E-state index contributed by atoms with van der Waals surface area (Å²) < 4.78 is 5.07. The Morgan fingerprint density at radius 2 is 2.00 bits per heavy atom. The highest BCUT2D eigenvalue weighted by molar-refractivity contribution is 8.15. The first-order chi connectivity index (χ1) is 10.9. The lowest BCUT2D eigenvalue weighted by Gasteiger charge is -2.09. The van der Waals surface area contributed by atoms with Crippen molar-refractivity contribution < 1.29 is 23.9 Å². The summed E-state index contributed by atoms with van der Waals surface area (Å²) in [6, 6.07) is 8.17. The number of hydrogen-bond donors (Lipinski definition) is 2. The van der Waals surface area contributed by atoms with E-state index in [-0.39, 0.29) is 5.56 Å². The fourth-order valence-electron chi connectivity index (χ4n) is 1.79. The van der Waals surface area contributed by atoms with E-state index >= 15 is 0 Å². The van der Waals surface area contributed by atoms with Gasteiger partial charge in [0.1, 0.15) is 17.7 Å². The van der Waals surface area contributed by atoms with E-state index in [0.717, 1.165) is 0 Å². The molecule has 23 heavy (non-hydrogen) atoms. The third-order valence-electron chi connectivity index (χ3n) is 2.93.